The fourth-order valence-electron chi connectivity index (χ4n) is 2.98. The summed E-state index contributed by atoms with van der Waals surface area (Å²) in [6.07, 6.45) is 4.09. The smallest absolute Gasteiger partial charge is 0.254 e. The molecule has 1 N–H and O–H groups in total. The molecule has 0 bridgehead atoms. The van der Waals surface area contributed by atoms with E-state index in [9.17, 15) is 0 Å². The number of piperidine rings is 1. The van der Waals surface area contributed by atoms with Crippen LogP contribution in [0.2, 0.25) is 0 Å². The largest absolute Gasteiger partial charge is 0.356 e. The lowest BCUT2D eigenvalue weighted by molar-refractivity contribution is 0.377. The summed E-state index contributed by atoms with van der Waals surface area (Å²) in [5.74, 6) is 2.49. The van der Waals surface area contributed by atoms with Crippen molar-refractivity contribution < 1.29 is 0 Å². The molecular weight excluding hydrogens is 264 g/mol. The summed E-state index contributed by atoms with van der Waals surface area (Å²) in [6, 6.07) is 2.66. The Bertz CT molecular complexity index is 605. The fraction of sp³-hybridized carbons (Fsp3) is 0.667. The first-order valence-electron chi connectivity index (χ1n) is 7.79. The van der Waals surface area contributed by atoms with Crippen molar-refractivity contribution in [1.29, 1.82) is 0 Å². The van der Waals surface area contributed by atoms with E-state index < -0.39 is 0 Å². The van der Waals surface area contributed by atoms with Crippen LogP contribution in [0.1, 0.15) is 32.4 Å². The number of rotatable bonds is 4. The highest BCUT2D eigenvalue weighted by Gasteiger charge is 2.22. The number of nitrogens with one attached hydrogen (secondary N) is 1. The van der Waals surface area contributed by atoms with Crippen LogP contribution >= 0.6 is 0 Å². The monoisotopic (exact) mass is 288 g/mol. The third kappa shape index (κ3) is 3.15. The first-order valence-corrected chi connectivity index (χ1v) is 7.79. The molecular formula is C15H24N6. The molecule has 0 radical (unpaired) electrons. The Labute approximate surface area is 125 Å². The van der Waals surface area contributed by atoms with Crippen LogP contribution < -0.4 is 10.2 Å². The molecule has 2 aromatic heterocycles. The maximum Gasteiger partial charge on any atom is 0.254 e. The molecule has 0 aliphatic carbocycles. The van der Waals surface area contributed by atoms with Crippen molar-refractivity contribution in [2.75, 3.05) is 24.5 Å². The van der Waals surface area contributed by atoms with Crippen LogP contribution in [0.3, 0.4) is 0 Å². The normalized spacial score (nSPS) is 19.6. The van der Waals surface area contributed by atoms with E-state index in [1.807, 2.05) is 11.4 Å². The first-order chi connectivity index (χ1) is 10.1. The third-order valence-corrected chi connectivity index (χ3v) is 4.02. The maximum absolute atomic E-state index is 4.42. The first kappa shape index (κ1) is 14.3. The number of aryl methyl sites for hydroxylation is 1. The quantitative estimate of drug-likeness (QED) is 0.927. The molecule has 1 atom stereocenters. The minimum absolute atomic E-state index is 0.547. The lowest BCUT2D eigenvalue weighted by Crippen LogP contribution is -2.41. The second-order valence-corrected chi connectivity index (χ2v) is 6.24. The number of nitrogens with zero attached hydrogens (tertiary/aromatic N) is 5. The molecule has 2 aromatic rings. The zero-order valence-corrected chi connectivity index (χ0v) is 13.1. The van der Waals surface area contributed by atoms with Gasteiger partial charge in [-0.05, 0) is 32.2 Å². The van der Waals surface area contributed by atoms with Gasteiger partial charge in [-0.1, -0.05) is 13.8 Å². The van der Waals surface area contributed by atoms with Crippen molar-refractivity contribution in [1.82, 2.24) is 24.9 Å². The van der Waals surface area contributed by atoms with Gasteiger partial charge in [0.05, 0.1) is 0 Å². The van der Waals surface area contributed by atoms with E-state index >= 15 is 0 Å². The van der Waals surface area contributed by atoms with E-state index in [0.717, 1.165) is 31.1 Å². The van der Waals surface area contributed by atoms with Gasteiger partial charge in [0.1, 0.15) is 12.1 Å². The Kier molecular flexibility index (Phi) is 4.05. The number of aromatic nitrogens is 4. The van der Waals surface area contributed by atoms with Crippen LogP contribution in [0.5, 0.6) is 0 Å². The van der Waals surface area contributed by atoms with Crippen LogP contribution in [0.15, 0.2) is 12.4 Å². The number of hydrogen-bond donors (Lipinski definition) is 1. The second kappa shape index (κ2) is 5.97. The molecule has 1 fully saturated rings. The SMILES string of the molecule is Cc1cc(N2CCCC(CNC(C)C)C2)n2ncnc2n1. The van der Waals surface area contributed by atoms with Crippen LogP contribution in [-0.4, -0.2) is 45.3 Å². The fourth-order valence-corrected chi connectivity index (χ4v) is 2.98. The molecule has 21 heavy (non-hydrogen) atoms. The zero-order valence-electron chi connectivity index (χ0n) is 13.1. The third-order valence-electron chi connectivity index (χ3n) is 4.02. The molecule has 1 aliphatic rings. The van der Waals surface area contributed by atoms with E-state index in [2.05, 4.69) is 45.2 Å². The molecule has 0 saturated carbocycles. The summed E-state index contributed by atoms with van der Waals surface area (Å²) in [5.41, 5.74) is 0.993. The van der Waals surface area contributed by atoms with E-state index in [-0.39, 0.29) is 0 Å². The summed E-state index contributed by atoms with van der Waals surface area (Å²) in [5, 5.41) is 7.88. The lowest BCUT2D eigenvalue weighted by Gasteiger charge is -2.34. The van der Waals surface area contributed by atoms with Gasteiger partial charge in [0.15, 0.2) is 0 Å². The van der Waals surface area contributed by atoms with Crippen LogP contribution in [0.4, 0.5) is 5.82 Å². The predicted molar refractivity (Wildman–Crippen MR) is 83.6 cm³/mol. The van der Waals surface area contributed by atoms with Crippen LogP contribution in [0.25, 0.3) is 5.78 Å². The van der Waals surface area contributed by atoms with Gasteiger partial charge in [-0.25, -0.2) is 4.98 Å². The maximum atomic E-state index is 4.42. The number of hydrogen-bond acceptors (Lipinski definition) is 5. The van der Waals surface area contributed by atoms with Gasteiger partial charge in [-0.2, -0.15) is 14.6 Å². The summed E-state index contributed by atoms with van der Waals surface area (Å²) < 4.78 is 1.85. The minimum Gasteiger partial charge on any atom is -0.356 e. The topological polar surface area (TPSA) is 58.4 Å². The van der Waals surface area contributed by atoms with Gasteiger partial charge < -0.3 is 10.2 Å². The molecule has 1 unspecified atom stereocenters. The molecule has 3 heterocycles. The Balaban J connectivity index is 1.80. The molecule has 0 aromatic carbocycles. The van der Waals surface area contributed by atoms with Crippen molar-refractivity contribution in [2.45, 2.75) is 39.7 Å². The summed E-state index contributed by atoms with van der Waals surface area (Å²) in [6.45, 7) is 9.64. The van der Waals surface area contributed by atoms with E-state index in [1.165, 1.54) is 12.8 Å². The second-order valence-electron chi connectivity index (χ2n) is 6.24. The number of anilines is 1. The molecule has 1 saturated heterocycles. The lowest BCUT2D eigenvalue weighted by atomic mass is 9.97. The molecule has 3 rings (SSSR count). The van der Waals surface area contributed by atoms with Gasteiger partial charge in [0.2, 0.25) is 0 Å². The Morgan fingerprint density at radius 2 is 2.29 bits per heavy atom. The highest BCUT2D eigenvalue weighted by atomic mass is 15.4. The number of fused-ring (bicyclic) bond motifs is 1. The molecule has 0 amide bonds. The summed E-state index contributed by atoms with van der Waals surface area (Å²) in [7, 11) is 0. The van der Waals surface area contributed by atoms with Crippen molar-refractivity contribution in [3.8, 4) is 0 Å². The average molecular weight is 288 g/mol. The highest BCUT2D eigenvalue weighted by Crippen LogP contribution is 2.23. The van der Waals surface area contributed by atoms with Gasteiger partial charge in [0.25, 0.3) is 5.78 Å². The molecule has 0 spiro atoms. The minimum atomic E-state index is 0.547. The van der Waals surface area contributed by atoms with Crippen LogP contribution in [-0.2, 0) is 0 Å². The van der Waals surface area contributed by atoms with Crippen molar-refractivity contribution in [2.24, 2.45) is 5.92 Å². The van der Waals surface area contributed by atoms with Gasteiger partial charge in [-0.15, -0.1) is 0 Å². The van der Waals surface area contributed by atoms with Crippen molar-refractivity contribution in [3.63, 3.8) is 0 Å². The van der Waals surface area contributed by atoms with E-state index in [0.29, 0.717) is 17.7 Å². The Morgan fingerprint density at radius 3 is 3.10 bits per heavy atom. The van der Waals surface area contributed by atoms with Gasteiger partial charge in [0, 0.05) is 30.9 Å². The average Bonchev–Trinajstić information content (AvgIpc) is 2.92. The van der Waals surface area contributed by atoms with Gasteiger partial charge >= 0.3 is 0 Å². The summed E-state index contributed by atoms with van der Waals surface area (Å²) in [4.78, 5) is 11.1. The Morgan fingerprint density at radius 1 is 1.43 bits per heavy atom. The highest BCUT2D eigenvalue weighted by molar-refractivity contribution is 5.47. The van der Waals surface area contributed by atoms with Crippen molar-refractivity contribution in [3.05, 3.63) is 18.1 Å². The standard InChI is InChI=1S/C15H24N6/c1-11(2)16-8-13-5-4-6-20(9-13)14-7-12(3)19-15-17-10-18-21(14)15/h7,10-11,13,16H,4-6,8-9H2,1-3H3. The van der Waals surface area contributed by atoms with Gasteiger partial charge in [-0.3, -0.25) is 0 Å². The predicted octanol–water partition coefficient (Wildman–Crippen LogP) is 1.65. The van der Waals surface area contributed by atoms with Crippen molar-refractivity contribution >= 4 is 11.6 Å². The zero-order chi connectivity index (χ0) is 14.8. The molecule has 114 valence electrons. The van der Waals surface area contributed by atoms with E-state index in [1.54, 1.807) is 6.33 Å². The molecule has 6 nitrogen and oxygen atoms in total. The molecule has 6 heteroatoms. The van der Waals surface area contributed by atoms with Crippen LogP contribution in [0, 0.1) is 12.8 Å². The van der Waals surface area contributed by atoms with E-state index in [4.69, 9.17) is 0 Å². The Hall–Kier alpha value is -1.69. The summed E-state index contributed by atoms with van der Waals surface area (Å²) >= 11 is 0. The molecule has 1 aliphatic heterocycles.